The Balaban J connectivity index is 2.13. The molecule has 19 heavy (non-hydrogen) atoms. The van der Waals surface area contributed by atoms with Gasteiger partial charge in [-0.2, -0.15) is 0 Å². The van der Waals surface area contributed by atoms with Crippen molar-refractivity contribution >= 4 is 6.08 Å². The number of rotatable bonds is 4. The van der Waals surface area contributed by atoms with E-state index >= 15 is 0 Å². The van der Waals surface area contributed by atoms with Crippen molar-refractivity contribution in [2.75, 3.05) is 0 Å². The highest BCUT2D eigenvalue weighted by atomic mass is 16.5. The summed E-state index contributed by atoms with van der Waals surface area (Å²) in [5.41, 5.74) is 6.03. The van der Waals surface area contributed by atoms with E-state index in [0.717, 1.165) is 11.3 Å². The lowest BCUT2D eigenvalue weighted by Crippen LogP contribution is -1.97. The number of ether oxygens (including phenoxy) is 1. The standard InChI is InChI=1S/C18H20O/c1-5-16-7-15(4)10-18(11-16)19-12-17-8-13(2)6-14(3)9-17/h5-11H,1,12H2,2-4H3. The Bertz CT molecular complexity index is 576. The van der Waals surface area contributed by atoms with Crippen LogP contribution in [0.5, 0.6) is 5.75 Å². The van der Waals surface area contributed by atoms with Crippen LogP contribution >= 0.6 is 0 Å². The Labute approximate surface area is 115 Å². The molecule has 0 aromatic heterocycles. The molecule has 0 heterocycles. The first kappa shape index (κ1) is 13.4. The summed E-state index contributed by atoms with van der Waals surface area (Å²) < 4.78 is 5.88. The van der Waals surface area contributed by atoms with Crippen molar-refractivity contribution < 1.29 is 4.74 Å². The third-order valence-corrected chi connectivity index (χ3v) is 3.00. The first-order valence-corrected chi connectivity index (χ1v) is 6.51. The molecule has 0 atom stereocenters. The van der Waals surface area contributed by atoms with Gasteiger partial charge in [-0.25, -0.2) is 0 Å². The predicted molar refractivity (Wildman–Crippen MR) is 81.5 cm³/mol. The van der Waals surface area contributed by atoms with Crippen LogP contribution in [0.25, 0.3) is 6.08 Å². The van der Waals surface area contributed by atoms with E-state index in [2.05, 4.69) is 57.7 Å². The minimum absolute atomic E-state index is 0.600. The highest BCUT2D eigenvalue weighted by molar-refractivity contribution is 5.51. The summed E-state index contributed by atoms with van der Waals surface area (Å²) >= 11 is 0. The largest absolute Gasteiger partial charge is 0.489 e. The Morgan fingerprint density at radius 3 is 2.16 bits per heavy atom. The number of hydrogen-bond donors (Lipinski definition) is 0. The maximum absolute atomic E-state index is 5.88. The summed E-state index contributed by atoms with van der Waals surface area (Å²) in [5, 5.41) is 0. The van der Waals surface area contributed by atoms with E-state index in [1.807, 2.05) is 12.1 Å². The zero-order valence-electron chi connectivity index (χ0n) is 11.9. The number of aryl methyl sites for hydroxylation is 3. The minimum Gasteiger partial charge on any atom is -0.489 e. The van der Waals surface area contributed by atoms with Gasteiger partial charge >= 0.3 is 0 Å². The second-order valence-electron chi connectivity index (χ2n) is 5.07. The van der Waals surface area contributed by atoms with Crippen LogP contribution in [0, 0.1) is 20.8 Å². The van der Waals surface area contributed by atoms with Crippen molar-refractivity contribution in [3.8, 4) is 5.75 Å². The molecule has 0 saturated heterocycles. The molecule has 2 aromatic carbocycles. The van der Waals surface area contributed by atoms with Crippen LogP contribution in [-0.2, 0) is 6.61 Å². The van der Waals surface area contributed by atoms with Crippen LogP contribution < -0.4 is 4.74 Å². The molecule has 0 aliphatic carbocycles. The molecule has 0 radical (unpaired) electrons. The van der Waals surface area contributed by atoms with Gasteiger partial charge in [-0.15, -0.1) is 0 Å². The average molecular weight is 252 g/mol. The zero-order chi connectivity index (χ0) is 13.8. The number of hydrogen-bond acceptors (Lipinski definition) is 1. The van der Waals surface area contributed by atoms with Gasteiger partial charge in [0, 0.05) is 0 Å². The van der Waals surface area contributed by atoms with Gasteiger partial charge in [-0.3, -0.25) is 0 Å². The van der Waals surface area contributed by atoms with E-state index in [4.69, 9.17) is 4.74 Å². The average Bonchev–Trinajstić information content (AvgIpc) is 2.34. The van der Waals surface area contributed by atoms with E-state index in [1.54, 1.807) is 0 Å². The normalized spacial score (nSPS) is 10.3. The maximum Gasteiger partial charge on any atom is 0.120 e. The molecule has 1 nitrogen and oxygen atoms in total. The van der Waals surface area contributed by atoms with Gasteiger partial charge in [0.2, 0.25) is 0 Å². The Morgan fingerprint density at radius 1 is 0.895 bits per heavy atom. The van der Waals surface area contributed by atoms with Gasteiger partial charge in [-0.05, 0) is 49.6 Å². The Morgan fingerprint density at radius 2 is 1.53 bits per heavy atom. The molecule has 0 N–H and O–H groups in total. The third kappa shape index (κ3) is 3.72. The second kappa shape index (κ2) is 5.75. The first-order chi connectivity index (χ1) is 9.06. The van der Waals surface area contributed by atoms with Crippen LogP contribution in [0.1, 0.15) is 27.8 Å². The summed E-state index contributed by atoms with van der Waals surface area (Å²) in [7, 11) is 0. The van der Waals surface area contributed by atoms with Gasteiger partial charge in [0.15, 0.2) is 0 Å². The van der Waals surface area contributed by atoms with Gasteiger partial charge < -0.3 is 4.74 Å². The van der Waals surface area contributed by atoms with E-state index in [-0.39, 0.29) is 0 Å². The van der Waals surface area contributed by atoms with Gasteiger partial charge in [0.05, 0.1) is 0 Å². The van der Waals surface area contributed by atoms with Crippen molar-refractivity contribution in [2.45, 2.75) is 27.4 Å². The topological polar surface area (TPSA) is 9.23 Å². The molecule has 0 amide bonds. The first-order valence-electron chi connectivity index (χ1n) is 6.51. The molecule has 2 aromatic rings. The van der Waals surface area contributed by atoms with E-state index in [9.17, 15) is 0 Å². The lowest BCUT2D eigenvalue weighted by Gasteiger charge is -2.10. The van der Waals surface area contributed by atoms with Crippen molar-refractivity contribution in [2.24, 2.45) is 0 Å². The highest BCUT2D eigenvalue weighted by Crippen LogP contribution is 2.19. The second-order valence-corrected chi connectivity index (χ2v) is 5.07. The minimum atomic E-state index is 0.600. The SMILES string of the molecule is C=Cc1cc(C)cc(OCc2cc(C)cc(C)c2)c1. The fourth-order valence-electron chi connectivity index (χ4n) is 2.30. The smallest absolute Gasteiger partial charge is 0.120 e. The number of benzene rings is 2. The predicted octanol–water partition coefficient (Wildman–Crippen LogP) is 4.83. The third-order valence-electron chi connectivity index (χ3n) is 3.00. The summed E-state index contributed by atoms with van der Waals surface area (Å²) in [4.78, 5) is 0. The molecule has 0 fully saturated rings. The lowest BCUT2D eigenvalue weighted by molar-refractivity contribution is 0.306. The van der Waals surface area contributed by atoms with E-state index in [0.29, 0.717) is 6.61 Å². The molecule has 0 bridgehead atoms. The van der Waals surface area contributed by atoms with E-state index < -0.39 is 0 Å². The lowest BCUT2D eigenvalue weighted by atomic mass is 10.1. The van der Waals surface area contributed by atoms with Crippen LogP contribution in [0.4, 0.5) is 0 Å². The molecule has 1 heteroatoms. The quantitative estimate of drug-likeness (QED) is 0.757. The summed E-state index contributed by atoms with van der Waals surface area (Å²) in [6.45, 7) is 10.7. The Hall–Kier alpha value is -2.02. The molecule has 0 aliphatic rings. The van der Waals surface area contributed by atoms with E-state index in [1.165, 1.54) is 22.3 Å². The zero-order valence-corrected chi connectivity index (χ0v) is 11.9. The maximum atomic E-state index is 5.88. The van der Waals surface area contributed by atoms with Crippen LogP contribution in [0.3, 0.4) is 0 Å². The van der Waals surface area contributed by atoms with Gasteiger partial charge in [0.1, 0.15) is 12.4 Å². The van der Waals surface area contributed by atoms with Crippen molar-refractivity contribution in [1.82, 2.24) is 0 Å². The van der Waals surface area contributed by atoms with Crippen LogP contribution in [0.15, 0.2) is 43.0 Å². The molecular formula is C18H20O. The van der Waals surface area contributed by atoms with Crippen LogP contribution in [0.2, 0.25) is 0 Å². The summed E-state index contributed by atoms with van der Waals surface area (Å²) in [5.74, 6) is 0.897. The summed E-state index contributed by atoms with van der Waals surface area (Å²) in [6.07, 6.45) is 1.84. The molecule has 0 unspecified atom stereocenters. The fourth-order valence-corrected chi connectivity index (χ4v) is 2.30. The molecule has 0 spiro atoms. The fraction of sp³-hybridized carbons (Fsp3) is 0.222. The van der Waals surface area contributed by atoms with Gasteiger partial charge in [0.25, 0.3) is 0 Å². The van der Waals surface area contributed by atoms with Crippen LogP contribution in [-0.4, -0.2) is 0 Å². The molecule has 2 rings (SSSR count). The Kier molecular flexibility index (Phi) is 4.06. The van der Waals surface area contributed by atoms with Crippen molar-refractivity contribution in [3.63, 3.8) is 0 Å². The molecule has 0 saturated carbocycles. The van der Waals surface area contributed by atoms with Crippen molar-refractivity contribution in [3.05, 3.63) is 70.8 Å². The highest BCUT2D eigenvalue weighted by Gasteiger charge is 2.00. The monoisotopic (exact) mass is 252 g/mol. The molecule has 98 valence electrons. The summed E-state index contributed by atoms with van der Waals surface area (Å²) in [6, 6.07) is 12.7. The van der Waals surface area contributed by atoms with Gasteiger partial charge in [-0.1, -0.05) is 48.0 Å². The molecule has 0 aliphatic heterocycles. The molecular weight excluding hydrogens is 232 g/mol. The van der Waals surface area contributed by atoms with Crippen molar-refractivity contribution in [1.29, 1.82) is 0 Å².